The first-order valence-corrected chi connectivity index (χ1v) is 12.8. The number of hydrogen-bond acceptors (Lipinski definition) is 6. The zero-order valence-electron chi connectivity index (χ0n) is 20.9. The van der Waals surface area contributed by atoms with Crippen LogP contribution in [0.1, 0.15) is 46.2 Å². The SMILES string of the molecule is CN1C[C@]2(C[C@H](CO)C2)n2cc(C(=O)NCc3cccc(Cl)c3F)c(=O)c(OCc3ccccc3)c2C1O. The lowest BCUT2D eigenvalue weighted by atomic mass is 9.67. The van der Waals surface area contributed by atoms with Gasteiger partial charge in [0.15, 0.2) is 12.0 Å². The molecule has 10 heteroatoms. The molecule has 3 aromatic rings. The molecule has 1 atom stereocenters. The third-order valence-corrected chi connectivity index (χ3v) is 7.75. The van der Waals surface area contributed by atoms with Crippen molar-refractivity contribution in [3.63, 3.8) is 0 Å². The summed E-state index contributed by atoms with van der Waals surface area (Å²) in [6, 6.07) is 13.7. The van der Waals surface area contributed by atoms with Crippen LogP contribution in [0.2, 0.25) is 5.02 Å². The molecule has 8 nitrogen and oxygen atoms in total. The molecule has 200 valence electrons. The van der Waals surface area contributed by atoms with Gasteiger partial charge in [-0.25, -0.2) is 4.39 Å². The van der Waals surface area contributed by atoms with Crippen LogP contribution in [0, 0.1) is 11.7 Å². The number of rotatable bonds is 7. The first-order valence-electron chi connectivity index (χ1n) is 12.4. The number of hydrogen-bond donors (Lipinski definition) is 3. The summed E-state index contributed by atoms with van der Waals surface area (Å²) < 4.78 is 22.2. The smallest absolute Gasteiger partial charge is 0.257 e. The fraction of sp³-hybridized carbons (Fsp3) is 0.357. The summed E-state index contributed by atoms with van der Waals surface area (Å²) in [4.78, 5) is 28.7. The minimum Gasteiger partial charge on any atom is -0.483 e. The van der Waals surface area contributed by atoms with Crippen molar-refractivity contribution in [2.75, 3.05) is 20.2 Å². The Morgan fingerprint density at radius 2 is 1.95 bits per heavy atom. The van der Waals surface area contributed by atoms with E-state index < -0.39 is 28.9 Å². The first-order chi connectivity index (χ1) is 18.2. The van der Waals surface area contributed by atoms with Crippen molar-refractivity contribution in [3.05, 3.63) is 98.2 Å². The third kappa shape index (κ3) is 4.71. The van der Waals surface area contributed by atoms with Gasteiger partial charge in [0.1, 0.15) is 23.7 Å². The molecule has 1 amide bonds. The Labute approximate surface area is 224 Å². The second-order valence-electron chi connectivity index (χ2n) is 10.1. The second-order valence-corrected chi connectivity index (χ2v) is 10.5. The van der Waals surface area contributed by atoms with Gasteiger partial charge in [-0.1, -0.05) is 54.1 Å². The number of likely N-dealkylation sites (N-methyl/N-ethyl adjacent to an activating group) is 1. The van der Waals surface area contributed by atoms with E-state index in [2.05, 4.69) is 5.32 Å². The van der Waals surface area contributed by atoms with Crippen LogP contribution in [0.4, 0.5) is 4.39 Å². The molecule has 1 aliphatic carbocycles. The van der Waals surface area contributed by atoms with E-state index in [4.69, 9.17) is 16.3 Å². The summed E-state index contributed by atoms with van der Waals surface area (Å²) in [6.45, 7) is 0.382. The van der Waals surface area contributed by atoms with Gasteiger partial charge < -0.3 is 24.8 Å². The van der Waals surface area contributed by atoms with Crippen LogP contribution in [0.15, 0.2) is 59.5 Å². The number of carbonyl (C=O) groups excluding carboxylic acids is 1. The Kier molecular flexibility index (Phi) is 7.28. The van der Waals surface area contributed by atoms with Gasteiger partial charge in [0.05, 0.1) is 10.6 Å². The minimum absolute atomic E-state index is 0.0272. The maximum Gasteiger partial charge on any atom is 0.257 e. The highest BCUT2D eigenvalue weighted by atomic mass is 35.5. The Balaban J connectivity index is 1.55. The molecule has 2 aromatic carbocycles. The highest BCUT2D eigenvalue weighted by molar-refractivity contribution is 6.30. The number of halogens is 2. The number of aliphatic hydroxyl groups excluding tert-OH is 2. The summed E-state index contributed by atoms with van der Waals surface area (Å²) in [7, 11) is 1.76. The van der Waals surface area contributed by atoms with E-state index in [9.17, 15) is 24.2 Å². The zero-order valence-corrected chi connectivity index (χ0v) is 21.6. The van der Waals surface area contributed by atoms with Crippen molar-refractivity contribution in [3.8, 4) is 5.75 Å². The van der Waals surface area contributed by atoms with Gasteiger partial charge in [0, 0.05) is 31.5 Å². The van der Waals surface area contributed by atoms with Crippen molar-refractivity contribution < 1.29 is 24.1 Å². The molecule has 3 N–H and O–H groups in total. The van der Waals surface area contributed by atoms with Crippen molar-refractivity contribution in [2.24, 2.45) is 5.92 Å². The number of nitrogens with zero attached hydrogens (tertiary/aromatic N) is 2. The van der Waals surface area contributed by atoms with Gasteiger partial charge in [-0.05, 0) is 37.4 Å². The van der Waals surface area contributed by atoms with Crippen molar-refractivity contribution >= 4 is 17.5 Å². The number of carbonyl (C=O) groups is 1. The van der Waals surface area contributed by atoms with E-state index in [0.717, 1.165) is 5.56 Å². The number of aliphatic hydroxyl groups is 2. The molecule has 1 saturated carbocycles. The molecule has 38 heavy (non-hydrogen) atoms. The summed E-state index contributed by atoms with van der Waals surface area (Å²) in [5.74, 6) is -1.38. The minimum atomic E-state index is -1.13. The number of benzene rings is 2. The third-order valence-electron chi connectivity index (χ3n) is 7.46. The van der Waals surface area contributed by atoms with Crippen LogP contribution in [0.3, 0.4) is 0 Å². The van der Waals surface area contributed by atoms with E-state index in [-0.39, 0.29) is 53.3 Å². The summed E-state index contributed by atoms with van der Waals surface area (Å²) in [6.07, 6.45) is 1.55. The lowest BCUT2D eigenvalue weighted by molar-refractivity contribution is -0.0887. The van der Waals surface area contributed by atoms with E-state index >= 15 is 0 Å². The number of aromatic nitrogens is 1. The van der Waals surface area contributed by atoms with E-state index in [1.807, 2.05) is 30.3 Å². The van der Waals surface area contributed by atoms with Gasteiger partial charge >= 0.3 is 0 Å². The van der Waals surface area contributed by atoms with Crippen LogP contribution in [0.5, 0.6) is 5.75 Å². The molecule has 1 fully saturated rings. The van der Waals surface area contributed by atoms with Crippen LogP contribution >= 0.6 is 11.6 Å². The largest absolute Gasteiger partial charge is 0.483 e. The average Bonchev–Trinajstić information content (AvgIpc) is 2.89. The van der Waals surface area contributed by atoms with Gasteiger partial charge in [0.25, 0.3) is 5.91 Å². The van der Waals surface area contributed by atoms with Crippen molar-refractivity contribution in [1.82, 2.24) is 14.8 Å². The number of ether oxygens (including phenoxy) is 1. The molecule has 1 aliphatic heterocycles. The molecule has 0 radical (unpaired) electrons. The summed E-state index contributed by atoms with van der Waals surface area (Å²) >= 11 is 5.86. The predicted molar refractivity (Wildman–Crippen MR) is 139 cm³/mol. The van der Waals surface area contributed by atoms with Gasteiger partial charge in [-0.2, -0.15) is 0 Å². The Hall–Kier alpha value is -3.24. The molecule has 0 saturated heterocycles. The number of amides is 1. The van der Waals surface area contributed by atoms with Gasteiger partial charge in [0.2, 0.25) is 5.43 Å². The maximum atomic E-state index is 14.4. The van der Waals surface area contributed by atoms with Gasteiger partial charge in [-0.15, -0.1) is 0 Å². The highest BCUT2D eigenvalue weighted by Crippen LogP contribution is 2.49. The number of pyridine rings is 1. The lowest BCUT2D eigenvalue weighted by Gasteiger charge is -2.55. The van der Waals surface area contributed by atoms with E-state index in [0.29, 0.717) is 19.4 Å². The van der Waals surface area contributed by atoms with Crippen molar-refractivity contribution in [2.45, 2.75) is 37.8 Å². The molecule has 1 aromatic heterocycles. The molecular formula is C28H29ClFN3O5. The summed E-state index contributed by atoms with van der Waals surface area (Å²) in [5.41, 5.74) is -0.101. The Morgan fingerprint density at radius 1 is 1.21 bits per heavy atom. The van der Waals surface area contributed by atoms with Crippen LogP contribution in [-0.4, -0.2) is 45.8 Å². The zero-order chi connectivity index (χ0) is 27.0. The molecule has 1 spiro atoms. The van der Waals surface area contributed by atoms with E-state index in [1.54, 1.807) is 22.6 Å². The standard InChI is InChI=1S/C28H29ClFN3O5/c1-32-16-28(10-18(11-28)14-34)33-13-20(26(36)31-12-19-8-5-9-21(29)22(19)30)24(35)25(23(33)27(32)37)38-15-17-6-3-2-4-7-17/h2-9,13,18,27,34,37H,10-12,14-16H2,1H3,(H,31,36)/t18-,27?,28+. The molecule has 5 rings (SSSR count). The Bertz CT molecular complexity index is 1410. The molecule has 1 unspecified atom stereocenters. The van der Waals surface area contributed by atoms with Gasteiger partial charge in [-0.3, -0.25) is 14.5 Å². The fourth-order valence-corrected chi connectivity index (χ4v) is 5.73. The quantitative estimate of drug-likeness (QED) is 0.424. The lowest BCUT2D eigenvalue weighted by Crippen LogP contribution is -2.59. The maximum absolute atomic E-state index is 14.4. The fourth-order valence-electron chi connectivity index (χ4n) is 5.53. The first kappa shape index (κ1) is 26.4. The topological polar surface area (TPSA) is 104 Å². The highest BCUT2D eigenvalue weighted by Gasteiger charge is 2.51. The second kappa shape index (κ2) is 10.5. The molecule has 2 heterocycles. The molecular weight excluding hydrogens is 513 g/mol. The van der Waals surface area contributed by atoms with Crippen LogP contribution < -0.4 is 15.5 Å². The average molecular weight is 542 g/mol. The molecule has 2 aliphatic rings. The predicted octanol–water partition coefficient (Wildman–Crippen LogP) is 3.18. The number of nitrogens with one attached hydrogen (secondary N) is 1. The number of fused-ring (bicyclic) bond motifs is 2. The summed E-state index contributed by atoms with van der Waals surface area (Å²) in [5, 5.41) is 23.4. The van der Waals surface area contributed by atoms with E-state index in [1.165, 1.54) is 18.3 Å². The van der Waals surface area contributed by atoms with Crippen LogP contribution in [0.25, 0.3) is 0 Å². The Morgan fingerprint density at radius 3 is 2.66 bits per heavy atom. The normalized spacial score (nSPS) is 22.6. The van der Waals surface area contributed by atoms with Crippen molar-refractivity contribution in [1.29, 1.82) is 0 Å². The molecule has 0 bridgehead atoms. The monoisotopic (exact) mass is 541 g/mol. The van der Waals surface area contributed by atoms with Crippen LogP contribution in [-0.2, 0) is 18.7 Å².